The van der Waals surface area contributed by atoms with Crippen molar-refractivity contribution in [3.8, 4) is 0 Å². The average Bonchev–Trinajstić information content (AvgIpc) is 2.62. The summed E-state index contributed by atoms with van der Waals surface area (Å²) in [7, 11) is 0. The molecule has 0 aliphatic rings. The van der Waals surface area contributed by atoms with E-state index in [1.165, 1.54) is 0 Å². The van der Waals surface area contributed by atoms with Crippen molar-refractivity contribution < 1.29 is 19.1 Å². The molecule has 1 heterocycles. The molecular weight excluding hydrogens is 234 g/mol. The van der Waals surface area contributed by atoms with Gasteiger partial charge in [0, 0.05) is 11.4 Å². The fourth-order valence-corrected chi connectivity index (χ4v) is 1.70. The maximum atomic E-state index is 11.5. The van der Waals surface area contributed by atoms with Gasteiger partial charge in [-0.15, -0.1) is 0 Å². The van der Waals surface area contributed by atoms with Gasteiger partial charge in [0.25, 0.3) is 0 Å². The van der Waals surface area contributed by atoms with E-state index < -0.39 is 0 Å². The molecule has 1 rings (SSSR count). The fourth-order valence-electron chi connectivity index (χ4n) is 1.70. The normalized spacial score (nSPS) is 10.2. The van der Waals surface area contributed by atoms with Crippen molar-refractivity contribution in [1.82, 2.24) is 4.57 Å². The SMILES string of the molecule is CCOC(=O)Cc1ccc(C)n1CC(=O)OCC. The molecule has 0 fully saturated rings. The van der Waals surface area contributed by atoms with Gasteiger partial charge in [-0.1, -0.05) is 0 Å². The summed E-state index contributed by atoms with van der Waals surface area (Å²) in [5.74, 6) is -0.595. The zero-order chi connectivity index (χ0) is 13.5. The zero-order valence-electron chi connectivity index (χ0n) is 11.1. The molecule has 0 radical (unpaired) electrons. The van der Waals surface area contributed by atoms with E-state index in [9.17, 15) is 9.59 Å². The smallest absolute Gasteiger partial charge is 0.325 e. The highest BCUT2D eigenvalue weighted by molar-refractivity contribution is 5.73. The number of nitrogens with zero attached hydrogens (tertiary/aromatic N) is 1. The van der Waals surface area contributed by atoms with Crippen LogP contribution in [0, 0.1) is 6.92 Å². The number of aromatic nitrogens is 1. The number of hydrogen-bond acceptors (Lipinski definition) is 4. The van der Waals surface area contributed by atoms with Crippen LogP contribution in [0.15, 0.2) is 12.1 Å². The average molecular weight is 253 g/mol. The molecule has 1 aromatic rings. The lowest BCUT2D eigenvalue weighted by Gasteiger charge is -2.10. The van der Waals surface area contributed by atoms with Crippen LogP contribution in [0.2, 0.25) is 0 Å². The van der Waals surface area contributed by atoms with Crippen molar-refractivity contribution >= 4 is 11.9 Å². The maximum Gasteiger partial charge on any atom is 0.325 e. The van der Waals surface area contributed by atoms with E-state index in [0.29, 0.717) is 13.2 Å². The van der Waals surface area contributed by atoms with Crippen LogP contribution in [0.1, 0.15) is 25.2 Å². The molecule has 5 nitrogen and oxygen atoms in total. The quantitative estimate of drug-likeness (QED) is 0.720. The van der Waals surface area contributed by atoms with E-state index in [1.807, 2.05) is 19.1 Å². The largest absolute Gasteiger partial charge is 0.466 e. The van der Waals surface area contributed by atoms with Gasteiger partial charge in [0.2, 0.25) is 0 Å². The van der Waals surface area contributed by atoms with Gasteiger partial charge in [0.05, 0.1) is 19.6 Å². The first kappa shape index (κ1) is 14.3. The van der Waals surface area contributed by atoms with Crippen molar-refractivity contribution in [2.24, 2.45) is 0 Å². The van der Waals surface area contributed by atoms with Crippen molar-refractivity contribution in [3.63, 3.8) is 0 Å². The minimum atomic E-state index is -0.304. The highest BCUT2D eigenvalue weighted by atomic mass is 16.5. The first-order chi connectivity index (χ1) is 8.58. The van der Waals surface area contributed by atoms with E-state index in [1.54, 1.807) is 18.4 Å². The number of carbonyl (C=O) groups excluding carboxylic acids is 2. The Kier molecular flexibility index (Phi) is 5.42. The third kappa shape index (κ3) is 3.91. The molecule has 100 valence electrons. The molecule has 18 heavy (non-hydrogen) atoms. The number of aryl methyl sites for hydroxylation is 1. The summed E-state index contributed by atoms with van der Waals surface area (Å²) in [6.45, 7) is 6.25. The van der Waals surface area contributed by atoms with Crippen LogP contribution in [0.5, 0.6) is 0 Å². The summed E-state index contributed by atoms with van der Waals surface area (Å²) in [4.78, 5) is 22.9. The summed E-state index contributed by atoms with van der Waals surface area (Å²) in [5.41, 5.74) is 1.68. The van der Waals surface area contributed by atoms with Crippen LogP contribution in [0.4, 0.5) is 0 Å². The van der Waals surface area contributed by atoms with Gasteiger partial charge >= 0.3 is 11.9 Å². The van der Waals surface area contributed by atoms with E-state index in [2.05, 4.69) is 0 Å². The topological polar surface area (TPSA) is 57.5 Å². The molecule has 0 bridgehead atoms. The minimum Gasteiger partial charge on any atom is -0.466 e. The van der Waals surface area contributed by atoms with Gasteiger partial charge in [-0.25, -0.2) is 0 Å². The third-order valence-electron chi connectivity index (χ3n) is 2.51. The predicted molar refractivity (Wildman–Crippen MR) is 66.1 cm³/mol. The Morgan fingerprint density at radius 2 is 1.72 bits per heavy atom. The molecule has 0 N–H and O–H groups in total. The third-order valence-corrected chi connectivity index (χ3v) is 2.51. The lowest BCUT2D eigenvalue weighted by molar-refractivity contribution is -0.145. The molecule has 0 saturated carbocycles. The highest BCUT2D eigenvalue weighted by Crippen LogP contribution is 2.10. The molecule has 0 aliphatic carbocycles. The van der Waals surface area contributed by atoms with Crippen LogP contribution >= 0.6 is 0 Å². The molecule has 1 aromatic heterocycles. The van der Waals surface area contributed by atoms with Crippen molar-refractivity contribution in [2.45, 2.75) is 33.7 Å². The Morgan fingerprint density at radius 1 is 1.11 bits per heavy atom. The summed E-state index contributed by atoms with van der Waals surface area (Å²) >= 11 is 0. The van der Waals surface area contributed by atoms with Gasteiger partial charge in [-0.2, -0.15) is 0 Å². The summed E-state index contributed by atoms with van der Waals surface area (Å²) in [6, 6.07) is 3.69. The molecule has 0 amide bonds. The van der Waals surface area contributed by atoms with E-state index in [-0.39, 0.29) is 24.9 Å². The van der Waals surface area contributed by atoms with Gasteiger partial charge in [-0.05, 0) is 32.9 Å². The second kappa shape index (κ2) is 6.83. The Hall–Kier alpha value is -1.78. The van der Waals surface area contributed by atoms with E-state index >= 15 is 0 Å². The van der Waals surface area contributed by atoms with E-state index in [4.69, 9.17) is 9.47 Å². The first-order valence-electron chi connectivity index (χ1n) is 6.04. The van der Waals surface area contributed by atoms with Crippen LogP contribution in [0.25, 0.3) is 0 Å². The lowest BCUT2D eigenvalue weighted by atomic mass is 10.3. The number of esters is 2. The Balaban J connectivity index is 2.74. The van der Waals surface area contributed by atoms with Crippen LogP contribution in [-0.2, 0) is 32.0 Å². The molecular formula is C13H19NO4. The van der Waals surface area contributed by atoms with Crippen LogP contribution in [0.3, 0.4) is 0 Å². The van der Waals surface area contributed by atoms with Crippen molar-refractivity contribution in [1.29, 1.82) is 0 Å². The molecule has 0 saturated heterocycles. The number of hydrogen-bond donors (Lipinski definition) is 0. The summed E-state index contributed by atoms with van der Waals surface area (Å²) in [5, 5.41) is 0. The Morgan fingerprint density at radius 3 is 2.33 bits per heavy atom. The maximum absolute atomic E-state index is 11.5. The standard InChI is InChI=1S/C13H19NO4/c1-4-17-12(15)8-11-7-6-10(3)14(11)9-13(16)18-5-2/h6-7H,4-5,8-9H2,1-3H3. The van der Waals surface area contributed by atoms with Gasteiger partial charge in [0.1, 0.15) is 6.54 Å². The molecule has 0 spiro atoms. The molecule has 0 atom stereocenters. The fraction of sp³-hybridized carbons (Fsp3) is 0.538. The monoisotopic (exact) mass is 253 g/mol. The second-order valence-electron chi connectivity index (χ2n) is 3.84. The van der Waals surface area contributed by atoms with E-state index in [0.717, 1.165) is 11.4 Å². The lowest BCUT2D eigenvalue weighted by Crippen LogP contribution is -2.18. The van der Waals surface area contributed by atoms with Crippen LogP contribution < -0.4 is 0 Å². The van der Waals surface area contributed by atoms with Crippen molar-refractivity contribution in [2.75, 3.05) is 13.2 Å². The number of carbonyl (C=O) groups is 2. The Labute approximate surface area is 107 Å². The second-order valence-corrected chi connectivity index (χ2v) is 3.84. The highest BCUT2D eigenvalue weighted by Gasteiger charge is 2.13. The Bertz CT molecular complexity index is 423. The van der Waals surface area contributed by atoms with Gasteiger partial charge in [-0.3, -0.25) is 9.59 Å². The zero-order valence-corrected chi connectivity index (χ0v) is 11.1. The number of ether oxygens (including phenoxy) is 2. The van der Waals surface area contributed by atoms with Crippen LogP contribution in [-0.4, -0.2) is 29.7 Å². The molecule has 0 unspecified atom stereocenters. The first-order valence-corrected chi connectivity index (χ1v) is 6.04. The molecule has 5 heteroatoms. The number of rotatable bonds is 6. The van der Waals surface area contributed by atoms with Gasteiger partial charge < -0.3 is 14.0 Å². The summed E-state index contributed by atoms with van der Waals surface area (Å²) in [6.07, 6.45) is 0.168. The molecule has 0 aliphatic heterocycles. The minimum absolute atomic E-state index is 0.126. The van der Waals surface area contributed by atoms with Gasteiger partial charge in [0.15, 0.2) is 0 Å². The summed E-state index contributed by atoms with van der Waals surface area (Å²) < 4.78 is 11.6. The van der Waals surface area contributed by atoms with Crippen molar-refractivity contribution in [3.05, 3.63) is 23.5 Å². The predicted octanol–water partition coefficient (Wildman–Crippen LogP) is 1.47. The molecule has 0 aromatic carbocycles.